The van der Waals surface area contributed by atoms with Crippen LogP contribution in [-0.4, -0.2) is 66.3 Å². The highest BCUT2D eigenvalue weighted by atomic mass is 32.2. The number of ether oxygens (including phenoxy) is 2. The summed E-state index contributed by atoms with van der Waals surface area (Å²) in [7, 11) is -1.84. The first-order valence-corrected chi connectivity index (χ1v) is 11.3. The fraction of sp³-hybridized carbons (Fsp3) is 0.429. The molecule has 0 aliphatic carbocycles. The highest BCUT2D eigenvalue weighted by molar-refractivity contribution is 7.89. The Hall–Kier alpha value is -2.29. The largest absolute Gasteiger partial charge is 0.497 e. The molecule has 0 aromatic heterocycles. The molecule has 1 aliphatic heterocycles. The Labute approximate surface area is 173 Å². The predicted octanol–water partition coefficient (Wildman–Crippen LogP) is 2.19. The number of sulfonamides is 1. The molecule has 1 heterocycles. The molecule has 1 aliphatic rings. The van der Waals surface area contributed by atoms with Gasteiger partial charge in [-0.15, -0.1) is 0 Å². The van der Waals surface area contributed by atoms with Crippen LogP contribution in [0.15, 0.2) is 53.4 Å². The van der Waals surface area contributed by atoms with Crippen LogP contribution < -0.4 is 19.1 Å². The van der Waals surface area contributed by atoms with Crippen molar-refractivity contribution in [1.82, 2.24) is 9.62 Å². The summed E-state index contributed by atoms with van der Waals surface area (Å²) in [4.78, 5) is 4.87. The topological polar surface area (TPSA) is 71.1 Å². The van der Waals surface area contributed by atoms with E-state index < -0.39 is 10.0 Å². The Morgan fingerprint density at radius 1 is 0.931 bits per heavy atom. The van der Waals surface area contributed by atoms with E-state index in [1.807, 2.05) is 19.1 Å². The SMILES string of the molecule is CCOc1ccc(S(=O)(=O)NCCN2CCN(c3ccc(OC)cc3)CC2)cc1. The summed E-state index contributed by atoms with van der Waals surface area (Å²) in [6, 6.07) is 14.6. The average Bonchev–Trinajstić information content (AvgIpc) is 2.75. The van der Waals surface area contributed by atoms with Crippen molar-refractivity contribution in [3.8, 4) is 11.5 Å². The fourth-order valence-electron chi connectivity index (χ4n) is 3.33. The van der Waals surface area contributed by atoms with E-state index >= 15 is 0 Å². The molecular formula is C21H29N3O4S. The molecule has 0 unspecified atom stereocenters. The number of nitrogens with zero attached hydrogens (tertiary/aromatic N) is 2. The second-order valence-electron chi connectivity index (χ2n) is 6.83. The number of benzene rings is 2. The Kier molecular flexibility index (Phi) is 7.35. The van der Waals surface area contributed by atoms with Gasteiger partial charge in [-0.3, -0.25) is 4.90 Å². The van der Waals surface area contributed by atoms with E-state index in [0.717, 1.165) is 31.9 Å². The molecule has 3 rings (SSSR count). The third-order valence-electron chi connectivity index (χ3n) is 4.98. The Morgan fingerprint density at radius 3 is 2.14 bits per heavy atom. The molecule has 2 aromatic carbocycles. The zero-order chi connectivity index (χ0) is 20.7. The molecule has 0 saturated carbocycles. The summed E-state index contributed by atoms with van der Waals surface area (Å²) >= 11 is 0. The first-order valence-electron chi connectivity index (χ1n) is 9.85. The van der Waals surface area contributed by atoms with Crippen molar-refractivity contribution < 1.29 is 17.9 Å². The molecule has 0 amide bonds. The maximum atomic E-state index is 12.4. The Balaban J connectivity index is 1.43. The molecule has 2 aromatic rings. The maximum absolute atomic E-state index is 12.4. The first-order chi connectivity index (χ1) is 14.0. The lowest BCUT2D eigenvalue weighted by Crippen LogP contribution is -2.48. The van der Waals surface area contributed by atoms with Crippen molar-refractivity contribution in [2.45, 2.75) is 11.8 Å². The molecular weight excluding hydrogens is 390 g/mol. The molecule has 29 heavy (non-hydrogen) atoms. The van der Waals surface area contributed by atoms with Crippen LogP contribution in [-0.2, 0) is 10.0 Å². The van der Waals surface area contributed by atoms with E-state index in [1.165, 1.54) is 5.69 Å². The van der Waals surface area contributed by atoms with Crippen molar-refractivity contribution in [2.24, 2.45) is 0 Å². The summed E-state index contributed by atoms with van der Waals surface area (Å²) in [6.45, 7) is 7.15. The summed E-state index contributed by atoms with van der Waals surface area (Å²) in [5.74, 6) is 1.52. The van der Waals surface area contributed by atoms with E-state index in [1.54, 1.807) is 31.4 Å². The minimum Gasteiger partial charge on any atom is -0.497 e. The summed E-state index contributed by atoms with van der Waals surface area (Å²) in [5.41, 5.74) is 1.18. The molecule has 0 spiro atoms. The fourth-order valence-corrected chi connectivity index (χ4v) is 4.35. The summed E-state index contributed by atoms with van der Waals surface area (Å²) < 4.78 is 38.1. The monoisotopic (exact) mass is 419 g/mol. The molecule has 0 atom stereocenters. The van der Waals surface area contributed by atoms with Crippen molar-refractivity contribution in [3.05, 3.63) is 48.5 Å². The van der Waals surface area contributed by atoms with Gasteiger partial charge in [0.25, 0.3) is 0 Å². The van der Waals surface area contributed by atoms with E-state index in [0.29, 0.717) is 25.4 Å². The predicted molar refractivity (Wildman–Crippen MR) is 114 cm³/mol. The second kappa shape index (κ2) is 9.96. The van der Waals surface area contributed by atoms with Crippen LogP contribution in [0.2, 0.25) is 0 Å². The highest BCUT2D eigenvalue weighted by Crippen LogP contribution is 2.20. The van der Waals surface area contributed by atoms with Crippen LogP contribution >= 0.6 is 0 Å². The lowest BCUT2D eigenvalue weighted by atomic mass is 10.2. The Bertz CT molecular complexity index is 862. The minimum atomic E-state index is -3.51. The standard InChI is InChI=1S/C21H29N3O4S/c1-3-28-20-8-10-21(11-9-20)29(25,26)22-12-13-23-14-16-24(17-15-23)18-4-6-19(27-2)7-5-18/h4-11,22H,3,12-17H2,1-2H3. The number of piperazine rings is 1. The van der Waals surface area contributed by atoms with Gasteiger partial charge < -0.3 is 14.4 Å². The number of rotatable bonds is 9. The molecule has 0 bridgehead atoms. The second-order valence-corrected chi connectivity index (χ2v) is 8.60. The smallest absolute Gasteiger partial charge is 0.240 e. The number of hydrogen-bond donors (Lipinski definition) is 1. The quantitative estimate of drug-likeness (QED) is 0.672. The lowest BCUT2D eigenvalue weighted by molar-refractivity contribution is 0.262. The molecule has 1 N–H and O–H groups in total. The molecule has 1 saturated heterocycles. The summed E-state index contributed by atoms with van der Waals surface area (Å²) in [6.07, 6.45) is 0. The summed E-state index contributed by atoms with van der Waals surface area (Å²) in [5, 5.41) is 0. The van der Waals surface area contributed by atoms with Crippen molar-refractivity contribution >= 4 is 15.7 Å². The van der Waals surface area contributed by atoms with Gasteiger partial charge in [-0.25, -0.2) is 13.1 Å². The van der Waals surface area contributed by atoms with Crippen molar-refractivity contribution in [3.63, 3.8) is 0 Å². The minimum absolute atomic E-state index is 0.255. The zero-order valence-electron chi connectivity index (χ0n) is 17.0. The van der Waals surface area contributed by atoms with Gasteiger partial charge in [0.2, 0.25) is 10.0 Å². The van der Waals surface area contributed by atoms with Crippen LogP contribution in [0.3, 0.4) is 0 Å². The number of methoxy groups -OCH3 is 1. The normalized spacial score (nSPS) is 15.3. The van der Waals surface area contributed by atoms with Gasteiger partial charge in [-0.2, -0.15) is 0 Å². The van der Waals surface area contributed by atoms with Gasteiger partial charge in [-0.05, 0) is 55.5 Å². The first kappa shape index (κ1) is 21.4. The van der Waals surface area contributed by atoms with E-state index in [9.17, 15) is 8.42 Å². The third-order valence-corrected chi connectivity index (χ3v) is 6.45. The number of nitrogens with one attached hydrogen (secondary N) is 1. The number of anilines is 1. The zero-order valence-corrected chi connectivity index (χ0v) is 17.8. The van der Waals surface area contributed by atoms with E-state index in [-0.39, 0.29) is 4.90 Å². The van der Waals surface area contributed by atoms with Gasteiger partial charge in [0, 0.05) is 45.0 Å². The van der Waals surface area contributed by atoms with Gasteiger partial charge in [-0.1, -0.05) is 0 Å². The van der Waals surface area contributed by atoms with Crippen molar-refractivity contribution in [2.75, 3.05) is 57.9 Å². The van der Waals surface area contributed by atoms with Crippen LogP contribution in [0.5, 0.6) is 11.5 Å². The molecule has 158 valence electrons. The highest BCUT2D eigenvalue weighted by Gasteiger charge is 2.18. The van der Waals surface area contributed by atoms with Crippen LogP contribution in [0, 0.1) is 0 Å². The average molecular weight is 420 g/mol. The van der Waals surface area contributed by atoms with E-state index in [2.05, 4.69) is 26.7 Å². The van der Waals surface area contributed by atoms with Crippen LogP contribution in [0.1, 0.15) is 6.92 Å². The third kappa shape index (κ3) is 5.85. The van der Waals surface area contributed by atoms with Crippen molar-refractivity contribution in [1.29, 1.82) is 0 Å². The maximum Gasteiger partial charge on any atom is 0.240 e. The lowest BCUT2D eigenvalue weighted by Gasteiger charge is -2.36. The molecule has 0 radical (unpaired) electrons. The Morgan fingerprint density at radius 2 is 1.55 bits per heavy atom. The van der Waals surface area contributed by atoms with Gasteiger partial charge in [0.15, 0.2) is 0 Å². The molecule has 8 heteroatoms. The van der Waals surface area contributed by atoms with Crippen LogP contribution in [0.25, 0.3) is 0 Å². The van der Waals surface area contributed by atoms with Gasteiger partial charge >= 0.3 is 0 Å². The van der Waals surface area contributed by atoms with Crippen LogP contribution in [0.4, 0.5) is 5.69 Å². The molecule has 1 fully saturated rings. The van der Waals surface area contributed by atoms with Gasteiger partial charge in [0.1, 0.15) is 11.5 Å². The number of hydrogen-bond acceptors (Lipinski definition) is 6. The van der Waals surface area contributed by atoms with E-state index in [4.69, 9.17) is 9.47 Å². The molecule has 7 nitrogen and oxygen atoms in total. The van der Waals surface area contributed by atoms with Gasteiger partial charge in [0.05, 0.1) is 18.6 Å².